The van der Waals surface area contributed by atoms with Crippen molar-refractivity contribution >= 4 is 17.6 Å². The van der Waals surface area contributed by atoms with Crippen LogP contribution in [0.15, 0.2) is 24.3 Å². The minimum absolute atomic E-state index is 0.414. The highest BCUT2D eigenvalue weighted by atomic mass is 16.5. The summed E-state index contributed by atoms with van der Waals surface area (Å²) in [5.74, 6) is 1.88. The number of methoxy groups -OCH3 is 2. The molecule has 0 saturated carbocycles. The van der Waals surface area contributed by atoms with Crippen LogP contribution in [0.5, 0.6) is 11.5 Å². The van der Waals surface area contributed by atoms with Crippen molar-refractivity contribution in [3.05, 3.63) is 46.5 Å². The van der Waals surface area contributed by atoms with Gasteiger partial charge in [0.15, 0.2) is 0 Å². The van der Waals surface area contributed by atoms with Crippen LogP contribution >= 0.6 is 0 Å². The van der Waals surface area contributed by atoms with E-state index in [4.69, 9.17) is 9.47 Å². The quantitative estimate of drug-likeness (QED) is 0.699. The molecule has 0 N–H and O–H groups in total. The normalized spacial score (nSPS) is 10.7. The second kappa shape index (κ2) is 8.46. The van der Waals surface area contributed by atoms with Crippen molar-refractivity contribution in [3.8, 4) is 11.5 Å². The van der Waals surface area contributed by atoms with Gasteiger partial charge in [-0.05, 0) is 52.0 Å². The van der Waals surface area contributed by atoms with Gasteiger partial charge < -0.3 is 9.47 Å². The van der Waals surface area contributed by atoms with Crippen molar-refractivity contribution in [2.24, 2.45) is 0 Å². The summed E-state index contributed by atoms with van der Waals surface area (Å²) in [6.07, 6.45) is 3.60. The second-order valence-electron chi connectivity index (χ2n) is 7.04. The van der Waals surface area contributed by atoms with Gasteiger partial charge in [0.05, 0.1) is 14.2 Å². The predicted octanol–water partition coefficient (Wildman–Crippen LogP) is 4.35. The van der Waals surface area contributed by atoms with E-state index in [1.807, 2.05) is 0 Å². The summed E-state index contributed by atoms with van der Waals surface area (Å²) in [6, 6.07) is 8.65. The lowest BCUT2D eigenvalue weighted by atomic mass is 9.35. The number of hydrogen-bond donors (Lipinski definition) is 0. The van der Waals surface area contributed by atoms with Crippen LogP contribution in [0, 0.1) is 27.7 Å². The number of hydrogen-bond acceptors (Lipinski definition) is 2. The first kappa shape index (κ1) is 19.4. The molecular formula is C22H31BO2. The van der Waals surface area contributed by atoms with Gasteiger partial charge in [0, 0.05) is 0 Å². The number of rotatable bonds is 7. The zero-order chi connectivity index (χ0) is 18.6. The highest BCUT2D eigenvalue weighted by Gasteiger charge is 2.26. The Labute approximate surface area is 153 Å². The monoisotopic (exact) mass is 338 g/mol. The SMILES string of the molecule is CCCCB(c1c(C)cc(OC)cc1C)c1c(C)cc(OC)cc1C. The molecule has 25 heavy (non-hydrogen) atoms. The Morgan fingerprint density at radius 1 is 0.720 bits per heavy atom. The summed E-state index contributed by atoms with van der Waals surface area (Å²) in [6.45, 7) is 11.5. The third kappa shape index (κ3) is 4.20. The van der Waals surface area contributed by atoms with E-state index in [0.29, 0.717) is 6.71 Å². The predicted molar refractivity (Wildman–Crippen MR) is 110 cm³/mol. The van der Waals surface area contributed by atoms with Gasteiger partial charge >= 0.3 is 0 Å². The van der Waals surface area contributed by atoms with Gasteiger partial charge in [-0.1, -0.05) is 59.3 Å². The lowest BCUT2D eigenvalue weighted by Crippen LogP contribution is -2.47. The fourth-order valence-corrected chi connectivity index (χ4v) is 4.05. The fraction of sp³-hybridized carbons (Fsp3) is 0.455. The Morgan fingerprint density at radius 3 is 1.36 bits per heavy atom. The maximum Gasteiger partial charge on any atom is 0.210 e. The first-order valence-corrected chi connectivity index (χ1v) is 9.23. The van der Waals surface area contributed by atoms with Gasteiger partial charge in [0.2, 0.25) is 6.71 Å². The largest absolute Gasteiger partial charge is 0.497 e. The lowest BCUT2D eigenvalue weighted by molar-refractivity contribution is 0.414. The van der Waals surface area contributed by atoms with Gasteiger partial charge in [-0.25, -0.2) is 0 Å². The Hall–Kier alpha value is -1.90. The molecule has 2 aromatic carbocycles. The molecule has 0 unspecified atom stereocenters. The van der Waals surface area contributed by atoms with Crippen LogP contribution in [0.4, 0.5) is 0 Å². The second-order valence-corrected chi connectivity index (χ2v) is 7.04. The van der Waals surface area contributed by atoms with E-state index in [2.05, 4.69) is 58.9 Å². The van der Waals surface area contributed by atoms with Gasteiger partial charge in [-0.15, -0.1) is 0 Å². The Balaban J connectivity index is 2.62. The van der Waals surface area contributed by atoms with E-state index in [-0.39, 0.29) is 0 Å². The van der Waals surface area contributed by atoms with Crippen LogP contribution in [-0.4, -0.2) is 20.9 Å². The molecule has 0 saturated heterocycles. The first-order chi connectivity index (χ1) is 11.9. The summed E-state index contributed by atoms with van der Waals surface area (Å²) in [5.41, 5.74) is 8.15. The molecule has 0 aliphatic heterocycles. The molecule has 134 valence electrons. The Bertz CT molecular complexity index is 631. The summed E-state index contributed by atoms with van der Waals surface area (Å²) in [4.78, 5) is 0. The van der Waals surface area contributed by atoms with Crippen LogP contribution in [0.1, 0.15) is 42.0 Å². The van der Waals surface area contributed by atoms with E-state index in [9.17, 15) is 0 Å². The van der Waals surface area contributed by atoms with Crippen molar-refractivity contribution in [3.63, 3.8) is 0 Å². The molecule has 0 heterocycles. The Kier molecular flexibility index (Phi) is 6.58. The van der Waals surface area contributed by atoms with Crippen LogP contribution in [0.3, 0.4) is 0 Å². The highest BCUT2D eigenvalue weighted by molar-refractivity contribution is 6.86. The molecule has 2 rings (SSSR count). The number of aryl methyl sites for hydroxylation is 4. The topological polar surface area (TPSA) is 18.5 Å². The van der Waals surface area contributed by atoms with Crippen LogP contribution in [-0.2, 0) is 0 Å². The third-order valence-corrected chi connectivity index (χ3v) is 5.15. The van der Waals surface area contributed by atoms with Crippen LogP contribution in [0.2, 0.25) is 6.32 Å². The molecule has 3 heteroatoms. The van der Waals surface area contributed by atoms with Crippen LogP contribution in [0.25, 0.3) is 0 Å². The fourth-order valence-electron chi connectivity index (χ4n) is 4.05. The van der Waals surface area contributed by atoms with E-state index < -0.39 is 0 Å². The van der Waals surface area contributed by atoms with Gasteiger partial charge in [0.1, 0.15) is 11.5 Å². The molecule has 2 nitrogen and oxygen atoms in total. The zero-order valence-corrected chi connectivity index (χ0v) is 16.8. The number of ether oxygens (including phenoxy) is 2. The summed E-state index contributed by atoms with van der Waals surface area (Å²) >= 11 is 0. The van der Waals surface area contributed by atoms with Crippen molar-refractivity contribution in [2.45, 2.75) is 53.8 Å². The summed E-state index contributed by atoms with van der Waals surface area (Å²) in [7, 11) is 3.47. The van der Waals surface area contributed by atoms with Gasteiger partial charge in [-0.2, -0.15) is 0 Å². The molecule has 0 aliphatic rings. The molecule has 2 aromatic rings. The standard InChI is InChI=1S/C22H31BO2/c1-8-9-10-23(21-15(2)11-19(24-6)12-16(21)3)22-17(4)13-20(25-7)14-18(22)5/h11-14H,8-10H2,1-7H3. The molecule has 0 radical (unpaired) electrons. The summed E-state index contributed by atoms with van der Waals surface area (Å²) in [5, 5.41) is 0. The zero-order valence-electron chi connectivity index (χ0n) is 16.8. The van der Waals surface area contributed by atoms with Crippen molar-refractivity contribution in [2.75, 3.05) is 14.2 Å². The van der Waals surface area contributed by atoms with E-state index in [1.165, 1.54) is 52.3 Å². The molecule has 0 spiro atoms. The molecular weight excluding hydrogens is 307 g/mol. The maximum atomic E-state index is 5.46. The third-order valence-electron chi connectivity index (χ3n) is 5.15. The number of benzene rings is 2. The highest BCUT2D eigenvalue weighted by Crippen LogP contribution is 2.20. The molecule has 0 atom stereocenters. The molecule has 0 bridgehead atoms. The number of unbranched alkanes of at least 4 members (excludes halogenated alkanes) is 1. The van der Waals surface area contributed by atoms with Gasteiger partial charge in [-0.3, -0.25) is 0 Å². The average molecular weight is 338 g/mol. The summed E-state index contributed by atoms with van der Waals surface area (Å²) < 4.78 is 10.9. The molecule has 0 amide bonds. The van der Waals surface area contributed by atoms with Crippen molar-refractivity contribution in [1.82, 2.24) is 0 Å². The molecule has 0 aliphatic carbocycles. The van der Waals surface area contributed by atoms with Crippen molar-refractivity contribution in [1.29, 1.82) is 0 Å². The average Bonchev–Trinajstić information content (AvgIpc) is 2.57. The van der Waals surface area contributed by atoms with E-state index in [1.54, 1.807) is 14.2 Å². The smallest absolute Gasteiger partial charge is 0.210 e. The Morgan fingerprint density at radius 2 is 1.08 bits per heavy atom. The maximum absolute atomic E-state index is 5.46. The first-order valence-electron chi connectivity index (χ1n) is 9.23. The lowest BCUT2D eigenvalue weighted by Gasteiger charge is -2.24. The van der Waals surface area contributed by atoms with E-state index >= 15 is 0 Å². The van der Waals surface area contributed by atoms with Gasteiger partial charge in [0.25, 0.3) is 0 Å². The van der Waals surface area contributed by atoms with Crippen LogP contribution < -0.4 is 20.4 Å². The minimum Gasteiger partial charge on any atom is -0.497 e. The van der Waals surface area contributed by atoms with E-state index in [0.717, 1.165) is 11.5 Å². The molecule has 0 aromatic heterocycles. The molecule has 0 fully saturated rings. The van der Waals surface area contributed by atoms with Crippen molar-refractivity contribution < 1.29 is 9.47 Å². The minimum atomic E-state index is 0.414.